The molecule has 1 aliphatic carbocycles. The fourth-order valence-electron chi connectivity index (χ4n) is 2.74. The number of aryl methyl sites for hydroxylation is 1. The molecule has 8 heteroatoms. The minimum Gasteiger partial charge on any atom is -0.500 e. The van der Waals surface area contributed by atoms with E-state index in [1.54, 1.807) is 46.8 Å². The Hall–Kier alpha value is -2.77. The summed E-state index contributed by atoms with van der Waals surface area (Å²) >= 11 is 0. The second-order valence-electron chi connectivity index (χ2n) is 7.07. The average Bonchev–Trinajstić information content (AvgIpc) is 2.94. The number of aromatic nitrogens is 1. The number of amides is 1. The van der Waals surface area contributed by atoms with Crippen LogP contribution in [0.25, 0.3) is 0 Å². The van der Waals surface area contributed by atoms with Crippen LogP contribution < -0.4 is 5.32 Å². The Bertz CT molecular complexity index is 770. The number of rotatable bonds is 5. The van der Waals surface area contributed by atoms with E-state index in [9.17, 15) is 9.59 Å². The summed E-state index contributed by atoms with van der Waals surface area (Å²) in [6.45, 7) is 8.99. The van der Waals surface area contributed by atoms with Gasteiger partial charge < -0.3 is 18.7 Å². The molecule has 1 aromatic rings. The van der Waals surface area contributed by atoms with Crippen LogP contribution >= 0.6 is 0 Å². The number of nitrogens with one attached hydrogen (secondary N) is 1. The van der Waals surface area contributed by atoms with E-state index in [1.165, 1.54) is 7.11 Å². The van der Waals surface area contributed by atoms with Gasteiger partial charge in [-0.05, 0) is 46.8 Å². The summed E-state index contributed by atoms with van der Waals surface area (Å²) in [4.78, 5) is 24.4. The molecular weight excluding hydrogens is 352 g/mol. The van der Waals surface area contributed by atoms with Crippen molar-refractivity contribution in [3.05, 3.63) is 40.6 Å². The minimum absolute atomic E-state index is 0.242. The molecule has 2 rings (SSSR count). The SMILES string of the molecule is CCOC(=O)c1c(C2CC(NC(=O)OC(C)(C)C)=CC=C2OC)noc1C. The zero-order valence-corrected chi connectivity index (χ0v) is 16.5. The highest BCUT2D eigenvalue weighted by Gasteiger charge is 2.33. The van der Waals surface area contributed by atoms with Crippen LogP contribution in [0.15, 0.2) is 28.1 Å². The number of methoxy groups -OCH3 is 1. The summed E-state index contributed by atoms with van der Waals surface area (Å²) in [5, 5.41) is 6.77. The van der Waals surface area contributed by atoms with Crippen LogP contribution in [0.1, 0.15) is 61.8 Å². The van der Waals surface area contributed by atoms with E-state index in [0.717, 1.165) is 0 Å². The van der Waals surface area contributed by atoms with Crippen molar-refractivity contribution in [3.63, 3.8) is 0 Å². The van der Waals surface area contributed by atoms with Gasteiger partial charge in [0.2, 0.25) is 0 Å². The number of alkyl carbamates (subject to hydrolysis) is 1. The van der Waals surface area contributed by atoms with Gasteiger partial charge >= 0.3 is 12.1 Å². The first-order valence-electron chi connectivity index (χ1n) is 8.74. The van der Waals surface area contributed by atoms with Gasteiger partial charge in [0.25, 0.3) is 0 Å². The average molecular weight is 378 g/mol. The van der Waals surface area contributed by atoms with Crippen LogP contribution in [0.5, 0.6) is 0 Å². The van der Waals surface area contributed by atoms with Crippen LogP contribution in [-0.4, -0.2) is 36.5 Å². The van der Waals surface area contributed by atoms with Crippen LogP contribution in [0, 0.1) is 6.92 Å². The third-order valence-electron chi connectivity index (χ3n) is 3.81. The molecule has 8 nitrogen and oxygen atoms in total. The lowest BCUT2D eigenvalue weighted by molar-refractivity contribution is 0.0516. The van der Waals surface area contributed by atoms with Crippen LogP contribution in [0.3, 0.4) is 0 Å². The maximum atomic E-state index is 12.3. The number of hydrogen-bond acceptors (Lipinski definition) is 7. The lowest BCUT2D eigenvalue weighted by atomic mass is 9.90. The molecule has 0 aliphatic heterocycles. The highest BCUT2D eigenvalue weighted by atomic mass is 16.6. The first-order chi connectivity index (χ1) is 12.7. The summed E-state index contributed by atoms with van der Waals surface area (Å²) in [7, 11) is 1.54. The van der Waals surface area contributed by atoms with Gasteiger partial charge in [-0.2, -0.15) is 0 Å². The van der Waals surface area contributed by atoms with E-state index < -0.39 is 23.6 Å². The maximum Gasteiger partial charge on any atom is 0.411 e. The number of hydrogen-bond donors (Lipinski definition) is 1. The van der Waals surface area contributed by atoms with Crippen molar-refractivity contribution < 1.29 is 28.3 Å². The fourth-order valence-corrected chi connectivity index (χ4v) is 2.74. The number of carbonyl (C=O) groups is 2. The van der Waals surface area contributed by atoms with Crippen molar-refractivity contribution in [2.24, 2.45) is 0 Å². The number of carbonyl (C=O) groups excluding carboxylic acids is 2. The Morgan fingerprint density at radius 3 is 2.63 bits per heavy atom. The molecule has 0 fully saturated rings. The van der Waals surface area contributed by atoms with Crippen LogP contribution in [0.4, 0.5) is 4.79 Å². The molecule has 0 aromatic carbocycles. The van der Waals surface area contributed by atoms with Crippen LogP contribution in [-0.2, 0) is 14.2 Å². The number of esters is 1. The third-order valence-corrected chi connectivity index (χ3v) is 3.81. The summed E-state index contributed by atoms with van der Waals surface area (Å²) in [5.74, 6) is 0.0680. The number of ether oxygens (including phenoxy) is 3. The molecule has 0 spiro atoms. The largest absolute Gasteiger partial charge is 0.500 e. The van der Waals surface area contributed by atoms with Crippen molar-refractivity contribution >= 4 is 12.1 Å². The van der Waals surface area contributed by atoms with Crippen molar-refractivity contribution in [2.75, 3.05) is 13.7 Å². The smallest absolute Gasteiger partial charge is 0.411 e. The molecule has 148 valence electrons. The number of nitrogens with zero attached hydrogens (tertiary/aromatic N) is 1. The van der Waals surface area contributed by atoms with Gasteiger partial charge in [-0.25, -0.2) is 9.59 Å². The molecule has 1 amide bonds. The molecule has 1 heterocycles. The Balaban J connectivity index is 2.26. The lowest BCUT2D eigenvalue weighted by Crippen LogP contribution is -2.33. The molecule has 0 bridgehead atoms. The number of allylic oxidation sites excluding steroid dienone is 4. The van der Waals surface area contributed by atoms with Gasteiger partial charge in [0.05, 0.1) is 19.6 Å². The third kappa shape index (κ3) is 5.12. The maximum absolute atomic E-state index is 12.3. The summed E-state index contributed by atoms with van der Waals surface area (Å²) < 4.78 is 21.1. The highest BCUT2D eigenvalue weighted by molar-refractivity contribution is 5.92. The Morgan fingerprint density at radius 2 is 2.04 bits per heavy atom. The van der Waals surface area contributed by atoms with Gasteiger partial charge in [-0.3, -0.25) is 5.32 Å². The zero-order chi connectivity index (χ0) is 20.2. The van der Waals surface area contributed by atoms with E-state index in [2.05, 4.69) is 10.5 Å². The lowest BCUT2D eigenvalue weighted by Gasteiger charge is -2.25. The molecule has 0 saturated heterocycles. The first-order valence-corrected chi connectivity index (χ1v) is 8.74. The van der Waals surface area contributed by atoms with E-state index in [-0.39, 0.29) is 12.2 Å². The molecule has 0 saturated carbocycles. The van der Waals surface area contributed by atoms with Gasteiger partial charge in [0.15, 0.2) is 0 Å². The summed E-state index contributed by atoms with van der Waals surface area (Å²) in [6, 6.07) is 0. The second-order valence-corrected chi connectivity index (χ2v) is 7.07. The molecule has 1 aliphatic rings. The Labute approximate surface area is 158 Å². The van der Waals surface area contributed by atoms with Crippen molar-refractivity contribution in [3.8, 4) is 0 Å². The summed E-state index contributed by atoms with van der Waals surface area (Å²) in [6.07, 6.45) is 3.26. The van der Waals surface area contributed by atoms with Crippen molar-refractivity contribution in [2.45, 2.75) is 52.6 Å². The van der Waals surface area contributed by atoms with Crippen molar-refractivity contribution in [1.29, 1.82) is 0 Å². The van der Waals surface area contributed by atoms with E-state index in [4.69, 9.17) is 18.7 Å². The second kappa shape index (κ2) is 8.28. The standard InChI is InChI=1S/C19H26N2O6/c1-7-25-17(22)15-11(2)27-21-16(15)13-10-12(8-9-14(13)24-6)20-18(23)26-19(3,4)5/h8-9,13H,7,10H2,1-6H3,(H,20,23). The highest BCUT2D eigenvalue weighted by Crippen LogP contribution is 2.36. The molecular formula is C19H26N2O6. The molecule has 1 N–H and O–H groups in total. The van der Waals surface area contributed by atoms with E-state index >= 15 is 0 Å². The topological polar surface area (TPSA) is 99.9 Å². The molecule has 1 atom stereocenters. The summed E-state index contributed by atoms with van der Waals surface area (Å²) in [5.41, 5.74) is 0.705. The van der Waals surface area contributed by atoms with Gasteiger partial charge in [0, 0.05) is 12.1 Å². The molecule has 1 aromatic heterocycles. The van der Waals surface area contributed by atoms with Crippen molar-refractivity contribution in [1.82, 2.24) is 10.5 Å². The normalized spacial score (nSPS) is 16.9. The predicted octanol–water partition coefficient (Wildman–Crippen LogP) is 3.59. The predicted molar refractivity (Wildman–Crippen MR) is 97.1 cm³/mol. The van der Waals surface area contributed by atoms with Gasteiger partial charge in [-0.1, -0.05) is 5.16 Å². The van der Waals surface area contributed by atoms with Gasteiger partial charge in [-0.15, -0.1) is 0 Å². The molecule has 27 heavy (non-hydrogen) atoms. The Morgan fingerprint density at radius 1 is 1.33 bits per heavy atom. The Kier molecular flexibility index (Phi) is 6.30. The van der Waals surface area contributed by atoms with E-state index in [0.29, 0.717) is 29.3 Å². The van der Waals surface area contributed by atoms with Crippen LogP contribution in [0.2, 0.25) is 0 Å². The van der Waals surface area contributed by atoms with Gasteiger partial charge in [0.1, 0.15) is 28.4 Å². The fraction of sp³-hybridized carbons (Fsp3) is 0.526. The monoisotopic (exact) mass is 378 g/mol. The zero-order valence-electron chi connectivity index (χ0n) is 16.5. The van der Waals surface area contributed by atoms with E-state index in [1.807, 2.05) is 0 Å². The first kappa shape index (κ1) is 20.5. The molecule has 0 radical (unpaired) electrons. The quantitative estimate of drug-likeness (QED) is 0.782. The molecule has 1 unspecified atom stereocenters. The minimum atomic E-state index is -0.605.